The van der Waals surface area contributed by atoms with Crippen LogP contribution in [0.5, 0.6) is 5.75 Å². The van der Waals surface area contributed by atoms with Gasteiger partial charge in [-0.25, -0.2) is 12.8 Å². The average Bonchev–Trinajstić information content (AvgIpc) is 2.55. The lowest BCUT2D eigenvalue weighted by Crippen LogP contribution is -2.20. The lowest BCUT2D eigenvalue weighted by Gasteiger charge is -2.11. The van der Waals surface area contributed by atoms with Crippen molar-refractivity contribution in [2.24, 2.45) is 0 Å². The maximum absolute atomic E-state index is 12.9. The van der Waals surface area contributed by atoms with Gasteiger partial charge in [-0.1, -0.05) is 0 Å². The first-order valence-corrected chi connectivity index (χ1v) is 8.04. The van der Waals surface area contributed by atoms with E-state index in [-0.39, 0.29) is 21.9 Å². The highest BCUT2D eigenvalue weighted by molar-refractivity contribution is 7.92. The van der Waals surface area contributed by atoms with Gasteiger partial charge < -0.3 is 10.1 Å². The quantitative estimate of drug-likeness (QED) is 0.873. The molecule has 0 atom stereocenters. The van der Waals surface area contributed by atoms with Gasteiger partial charge in [0, 0.05) is 12.7 Å². The van der Waals surface area contributed by atoms with E-state index in [1.165, 1.54) is 44.5 Å². The molecule has 0 saturated heterocycles. The number of carbonyl (C=O) groups excluding carboxylic acids is 1. The van der Waals surface area contributed by atoms with E-state index in [1.54, 1.807) is 0 Å². The number of anilines is 1. The number of nitrogens with one attached hydrogen (secondary N) is 2. The lowest BCUT2D eigenvalue weighted by molar-refractivity contribution is 0.0960. The normalized spacial score (nSPS) is 10.9. The fourth-order valence-corrected chi connectivity index (χ4v) is 2.98. The summed E-state index contributed by atoms with van der Waals surface area (Å²) >= 11 is 0. The highest BCUT2D eigenvalue weighted by Crippen LogP contribution is 2.24. The van der Waals surface area contributed by atoms with Crippen LogP contribution in [0.3, 0.4) is 0 Å². The minimum absolute atomic E-state index is 0.0944. The Labute approximate surface area is 133 Å². The molecular weight excluding hydrogens is 323 g/mol. The molecule has 122 valence electrons. The van der Waals surface area contributed by atoms with Gasteiger partial charge in [0.15, 0.2) is 0 Å². The molecule has 8 heteroatoms. The predicted octanol–water partition coefficient (Wildman–Crippen LogP) is 1.99. The van der Waals surface area contributed by atoms with Crippen LogP contribution >= 0.6 is 0 Å². The van der Waals surface area contributed by atoms with Crippen molar-refractivity contribution in [1.82, 2.24) is 5.32 Å². The number of methoxy groups -OCH3 is 1. The molecule has 0 saturated carbocycles. The van der Waals surface area contributed by atoms with Crippen LogP contribution in [-0.4, -0.2) is 28.5 Å². The molecule has 0 unspecified atom stereocenters. The van der Waals surface area contributed by atoms with Crippen LogP contribution in [0.15, 0.2) is 47.4 Å². The van der Waals surface area contributed by atoms with Crippen molar-refractivity contribution >= 4 is 21.6 Å². The van der Waals surface area contributed by atoms with Crippen molar-refractivity contribution in [2.75, 3.05) is 18.9 Å². The molecule has 0 aliphatic rings. The van der Waals surface area contributed by atoms with E-state index < -0.39 is 21.7 Å². The number of halogens is 1. The third-order valence-electron chi connectivity index (χ3n) is 3.05. The van der Waals surface area contributed by atoms with Gasteiger partial charge in [-0.2, -0.15) is 0 Å². The largest absolute Gasteiger partial charge is 0.496 e. The zero-order chi connectivity index (χ0) is 17.0. The predicted molar refractivity (Wildman–Crippen MR) is 83.6 cm³/mol. The molecule has 0 bridgehead atoms. The Morgan fingerprint density at radius 3 is 2.35 bits per heavy atom. The monoisotopic (exact) mass is 338 g/mol. The van der Waals surface area contributed by atoms with Crippen LogP contribution in [0.4, 0.5) is 10.1 Å². The van der Waals surface area contributed by atoms with Crippen molar-refractivity contribution in [2.45, 2.75) is 4.90 Å². The number of benzene rings is 2. The fraction of sp³-hybridized carbons (Fsp3) is 0.133. The summed E-state index contributed by atoms with van der Waals surface area (Å²) in [5, 5.41) is 2.41. The molecule has 0 heterocycles. The van der Waals surface area contributed by atoms with Crippen LogP contribution in [0.25, 0.3) is 0 Å². The van der Waals surface area contributed by atoms with E-state index in [1.807, 2.05) is 0 Å². The summed E-state index contributed by atoms with van der Waals surface area (Å²) in [6.45, 7) is 0. The van der Waals surface area contributed by atoms with E-state index >= 15 is 0 Å². The maximum atomic E-state index is 12.9. The Hall–Kier alpha value is -2.61. The molecule has 0 aliphatic carbocycles. The molecule has 2 rings (SSSR count). The van der Waals surface area contributed by atoms with Gasteiger partial charge in [0.1, 0.15) is 11.6 Å². The summed E-state index contributed by atoms with van der Waals surface area (Å²) in [5.41, 5.74) is 0.306. The molecule has 0 fully saturated rings. The number of sulfonamides is 1. The molecule has 0 aliphatic heterocycles. The van der Waals surface area contributed by atoms with Gasteiger partial charge in [-0.05, 0) is 42.5 Å². The van der Waals surface area contributed by atoms with Crippen LogP contribution in [0.2, 0.25) is 0 Å². The smallest absolute Gasteiger partial charge is 0.261 e. The molecule has 1 amide bonds. The Bertz CT molecular complexity index is 820. The van der Waals surface area contributed by atoms with Crippen LogP contribution in [-0.2, 0) is 10.0 Å². The third-order valence-corrected chi connectivity index (χ3v) is 4.43. The van der Waals surface area contributed by atoms with Gasteiger partial charge in [0.05, 0.1) is 17.6 Å². The Kier molecular flexibility index (Phi) is 4.85. The van der Waals surface area contributed by atoms with Crippen molar-refractivity contribution < 1.29 is 22.3 Å². The molecule has 6 nitrogen and oxygen atoms in total. The van der Waals surface area contributed by atoms with E-state index in [4.69, 9.17) is 4.74 Å². The Morgan fingerprint density at radius 1 is 1.13 bits per heavy atom. The first-order valence-electron chi connectivity index (χ1n) is 6.56. The van der Waals surface area contributed by atoms with Gasteiger partial charge in [0.2, 0.25) is 0 Å². The number of ether oxygens (including phenoxy) is 1. The highest BCUT2D eigenvalue weighted by Gasteiger charge is 2.19. The van der Waals surface area contributed by atoms with Crippen molar-refractivity contribution in [1.29, 1.82) is 0 Å². The van der Waals surface area contributed by atoms with Gasteiger partial charge >= 0.3 is 0 Å². The minimum Gasteiger partial charge on any atom is -0.496 e. The van der Waals surface area contributed by atoms with Crippen LogP contribution < -0.4 is 14.8 Å². The summed E-state index contributed by atoms with van der Waals surface area (Å²) in [5.74, 6) is -0.690. The number of amides is 1. The fourth-order valence-electron chi connectivity index (χ4n) is 1.90. The maximum Gasteiger partial charge on any atom is 0.261 e. The topological polar surface area (TPSA) is 84.5 Å². The average molecular weight is 338 g/mol. The minimum atomic E-state index is -3.92. The van der Waals surface area contributed by atoms with E-state index in [0.29, 0.717) is 0 Å². The molecule has 2 aromatic rings. The lowest BCUT2D eigenvalue weighted by atomic mass is 10.2. The first kappa shape index (κ1) is 16.8. The number of rotatable bonds is 5. The van der Waals surface area contributed by atoms with Crippen LogP contribution in [0, 0.1) is 5.82 Å². The van der Waals surface area contributed by atoms with E-state index in [2.05, 4.69) is 10.0 Å². The van der Waals surface area contributed by atoms with Gasteiger partial charge in [-0.15, -0.1) is 0 Å². The molecule has 0 aromatic heterocycles. The number of carbonyl (C=O) groups is 1. The SMILES string of the molecule is CNC(=O)c1cc(S(=O)(=O)Nc2ccc(F)cc2)ccc1OC. The molecule has 2 N–H and O–H groups in total. The molecule has 0 radical (unpaired) electrons. The first-order chi connectivity index (χ1) is 10.9. The summed E-state index contributed by atoms with van der Waals surface area (Å²) in [6.07, 6.45) is 0. The second-order valence-corrected chi connectivity index (χ2v) is 6.24. The summed E-state index contributed by atoms with van der Waals surface area (Å²) < 4.78 is 45.0. The van der Waals surface area contributed by atoms with E-state index in [9.17, 15) is 17.6 Å². The summed E-state index contributed by atoms with van der Waals surface area (Å²) in [7, 11) is -1.11. The second-order valence-electron chi connectivity index (χ2n) is 4.55. The Morgan fingerprint density at radius 2 is 1.78 bits per heavy atom. The molecule has 0 spiro atoms. The zero-order valence-corrected chi connectivity index (χ0v) is 13.3. The Balaban J connectivity index is 2.39. The second kappa shape index (κ2) is 6.66. The highest BCUT2D eigenvalue weighted by atomic mass is 32.2. The standard InChI is InChI=1S/C15H15FN2O4S/c1-17-15(19)13-9-12(7-8-14(13)22-2)23(20,21)18-11-5-3-10(16)4-6-11/h3-9,18H,1-2H3,(H,17,19). The summed E-state index contributed by atoms with van der Waals surface area (Å²) in [4.78, 5) is 11.7. The zero-order valence-electron chi connectivity index (χ0n) is 12.5. The third kappa shape index (κ3) is 3.78. The summed E-state index contributed by atoms with van der Waals surface area (Å²) in [6, 6.07) is 8.81. The van der Waals surface area contributed by atoms with Crippen molar-refractivity contribution in [3.63, 3.8) is 0 Å². The molecule has 2 aromatic carbocycles. The van der Waals surface area contributed by atoms with Crippen LogP contribution in [0.1, 0.15) is 10.4 Å². The number of hydrogen-bond acceptors (Lipinski definition) is 4. The van der Waals surface area contributed by atoms with Gasteiger partial charge in [0.25, 0.3) is 15.9 Å². The van der Waals surface area contributed by atoms with Gasteiger partial charge in [-0.3, -0.25) is 9.52 Å². The molecular formula is C15H15FN2O4S. The van der Waals surface area contributed by atoms with Crippen molar-refractivity contribution in [3.8, 4) is 5.75 Å². The number of hydrogen-bond donors (Lipinski definition) is 2. The molecule has 23 heavy (non-hydrogen) atoms. The van der Waals surface area contributed by atoms with Crippen molar-refractivity contribution in [3.05, 3.63) is 53.8 Å². The van der Waals surface area contributed by atoms with E-state index in [0.717, 1.165) is 12.1 Å².